The topological polar surface area (TPSA) is 110 Å². The largest absolute Gasteiger partial charge is 0.462 e. The summed E-state index contributed by atoms with van der Waals surface area (Å²) in [6, 6.07) is 4.69. The minimum Gasteiger partial charge on any atom is -0.462 e. The van der Waals surface area contributed by atoms with Gasteiger partial charge in [-0.2, -0.15) is 13.2 Å². The monoisotopic (exact) mass is 465 g/mol. The smallest absolute Gasteiger partial charge is 0.452 e. The summed E-state index contributed by atoms with van der Waals surface area (Å²) in [6.07, 6.45) is -3.77. The van der Waals surface area contributed by atoms with Gasteiger partial charge in [0, 0.05) is 17.0 Å². The molecule has 0 fully saturated rings. The number of ether oxygens (including phenoxy) is 1. The lowest BCUT2D eigenvalue weighted by atomic mass is 9.99. The maximum Gasteiger partial charge on any atom is 0.452 e. The van der Waals surface area contributed by atoms with Gasteiger partial charge in [0.15, 0.2) is 0 Å². The number of amides is 1. The van der Waals surface area contributed by atoms with Crippen molar-refractivity contribution in [3.05, 3.63) is 46.4 Å². The lowest BCUT2D eigenvalue weighted by Crippen LogP contribution is -2.50. The number of nitrogens with zero attached hydrogens (tertiary/aromatic N) is 1. The third kappa shape index (κ3) is 4.76. The summed E-state index contributed by atoms with van der Waals surface area (Å²) in [7, 11) is 0. The Balaban J connectivity index is 1.94. The highest BCUT2D eigenvalue weighted by atomic mass is 19.4. The van der Waals surface area contributed by atoms with E-state index in [1.54, 1.807) is 31.2 Å². The molecule has 33 heavy (non-hydrogen) atoms. The number of Topliss-reactive ketones (excluding diaryl/α,β-unsaturated/α-hetero) is 1. The highest BCUT2D eigenvalue weighted by Gasteiger charge is 2.45. The average molecular weight is 465 g/mol. The van der Waals surface area contributed by atoms with Gasteiger partial charge in [0.05, 0.1) is 23.7 Å². The molecule has 0 saturated heterocycles. The second-order valence-electron chi connectivity index (χ2n) is 7.76. The number of carbonyl (C=O) groups is 3. The standard InChI is InChI=1S/C22H22F3N3O5/c1-4-33-21(32)14-7-5-6-12-13-8-9-28(20(31)18(13)27-17(12)14)10-15(29)26-16(11(2)3)19(30)22(23,24)25/h5-9,11,16,27H,4,10H2,1-3H3,(H,26,29). The first-order chi connectivity index (χ1) is 15.5. The molecule has 2 N–H and O–H groups in total. The average Bonchev–Trinajstić information content (AvgIpc) is 3.12. The zero-order valence-corrected chi connectivity index (χ0v) is 18.1. The molecule has 1 amide bonds. The molecule has 0 radical (unpaired) electrons. The van der Waals surface area contributed by atoms with E-state index in [2.05, 4.69) is 10.3 Å². The fourth-order valence-corrected chi connectivity index (χ4v) is 3.54. The number of alkyl halides is 3. The fraction of sp³-hybridized carbons (Fsp3) is 0.364. The van der Waals surface area contributed by atoms with E-state index in [1.807, 2.05) is 0 Å². The molecular weight excluding hydrogens is 443 g/mol. The van der Waals surface area contributed by atoms with Crippen LogP contribution in [0.1, 0.15) is 31.1 Å². The van der Waals surface area contributed by atoms with E-state index >= 15 is 0 Å². The molecular formula is C22H22F3N3O5. The number of hydrogen-bond acceptors (Lipinski definition) is 5. The molecule has 0 spiro atoms. The van der Waals surface area contributed by atoms with Crippen molar-refractivity contribution in [2.45, 2.75) is 39.5 Å². The van der Waals surface area contributed by atoms with Crippen molar-refractivity contribution in [1.82, 2.24) is 14.9 Å². The van der Waals surface area contributed by atoms with Crippen LogP contribution in [-0.4, -0.2) is 46.0 Å². The van der Waals surface area contributed by atoms with Crippen molar-refractivity contribution in [3.8, 4) is 0 Å². The number of aromatic amines is 1. The third-order valence-electron chi connectivity index (χ3n) is 5.12. The molecule has 1 atom stereocenters. The van der Waals surface area contributed by atoms with E-state index < -0.39 is 47.9 Å². The normalized spacial score (nSPS) is 12.8. The first-order valence-corrected chi connectivity index (χ1v) is 10.2. The Bertz CT molecular complexity index is 1290. The van der Waals surface area contributed by atoms with Gasteiger partial charge in [0.2, 0.25) is 5.91 Å². The van der Waals surface area contributed by atoms with Crippen LogP contribution >= 0.6 is 0 Å². The molecule has 0 aliphatic carbocycles. The molecule has 176 valence electrons. The summed E-state index contributed by atoms with van der Waals surface area (Å²) in [5, 5.41) is 3.17. The first-order valence-electron chi connectivity index (χ1n) is 10.2. The number of hydrogen-bond donors (Lipinski definition) is 2. The molecule has 8 nitrogen and oxygen atoms in total. The molecule has 0 bridgehead atoms. The predicted octanol–water partition coefficient (Wildman–Crippen LogP) is 2.93. The second-order valence-corrected chi connectivity index (χ2v) is 7.76. The molecule has 1 aromatic carbocycles. The van der Waals surface area contributed by atoms with Crippen LogP contribution in [0, 0.1) is 5.92 Å². The third-order valence-corrected chi connectivity index (χ3v) is 5.12. The minimum absolute atomic E-state index is 0.115. The molecule has 0 saturated carbocycles. The Hall–Kier alpha value is -3.63. The highest BCUT2D eigenvalue weighted by molar-refractivity contribution is 6.13. The summed E-state index contributed by atoms with van der Waals surface area (Å²) in [6.45, 7) is 3.99. The van der Waals surface area contributed by atoms with E-state index in [-0.39, 0.29) is 17.7 Å². The Morgan fingerprint density at radius 1 is 1.12 bits per heavy atom. The number of para-hydroxylation sites is 1. The molecule has 2 aromatic heterocycles. The van der Waals surface area contributed by atoms with Gasteiger partial charge < -0.3 is 19.6 Å². The zero-order valence-electron chi connectivity index (χ0n) is 18.1. The minimum atomic E-state index is -5.10. The Labute approximate surface area is 185 Å². The number of H-pyrrole nitrogens is 1. The fourth-order valence-electron chi connectivity index (χ4n) is 3.54. The predicted molar refractivity (Wildman–Crippen MR) is 114 cm³/mol. The van der Waals surface area contributed by atoms with Crippen LogP contribution in [0.3, 0.4) is 0 Å². The van der Waals surface area contributed by atoms with Crippen molar-refractivity contribution >= 4 is 39.5 Å². The van der Waals surface area contributed by atoms with Crippen LogP contribution < -0.4 is 10.9 Å². The number of benzene rings is 1. The molecule has 1 unspecified atom stereocenters. The van der Waals surface area contributed by atoms with Crippen molar-refractivity contribution in [2.75, 3.05) is 6.61 Å². The first kappa shape index (κ1) is 24.0. The lowest BCUT2D eigenvalue weighted by molar-refractivity contribution is -0.174. The maximum absolute atomic E-state index is 12.9. The number of esters is 1. The zero-order chi connectivity index (χ0) is 24.5. The van der Waals surface area contributed by atoms with Crippen LogP contribution in [0.2, 0.25) is 0 Å². The van der Waals surface area contributed by atoms with Crippen molar-refractivity contribution < 1.29 is 32.3 Å². The van der Waals surface area contributed by atoms with Crippen LogP contribution in [0.4, 0.5) is 13.2 Å². The van der Waals surface area contributed by atoms with Crippen LogP contribution in [0.5, 0.6) is 0 Å². The number of pyridine rings is 1. The quantitative estimate of drug-likeness (QED) is 0.522. The number of nitrogens with one attached hydrogen (secondary N) is 2. The Morgan fingerprint density at radius 2 is 1.79 bits per heavy atom. The van der Waals surface area contributed by atoms with Gasteiger partial charge in [-0.25, -0.2) is 4.79 Å². The van der Waals surface area contributed by atoms with Gasteiger partial charge in [-0.3, -0.25) is 14.4 Å². The second kappa shape index (κ2) is 9.08. The number of ketones is 1. The molecule has 2 heterocycles. The highest BCUT2D eigenvalue weighted by Crippen LogP contribution is 2.26. The van der Waals surface area contributed by atoms with E-state index in [0.29, 0.717) is 16.3 Å². The van der Waals surface area contributed by atoms with Crippen LogP contribution in [-0.2, 0) is 20.9 Å². The molecule has 3 aromatic rings. The van der Waals surface area contributed by atoms with Gasteiger partial charge in [-0.05, 0) is 25.0 Å². The van der Waals surface area contributed by atoms with E-state index in [9.17, 15) is 32.3 Å². The summed E-state index contributed by atoms with van der Waals surface area (Å²) >= 11 is 0. The molecule has 0 aliphatic heterocycles. The van der Waals surface area contributed by atoms with Gasteiger partial charge in [-0.15, -0.1) is 0 Å². The van der Waals surface area contributed by atoms with Gasteiger partial charge >= 0.3 is 12.1 Å². The van der Waals surface area contributed by atoms with E-state index in [0.717, 1.165) is 4.57 Å². The number of halogens is 3. The van der Waals surface area contributed by atoms with Gasteiger partial charge in [0.1, 0.15) is 12.1 Å². The summed E-state index contributed by atoms with van der Waals surface area (Å²) in [5.74, 6) is -4.35. The van der Waals surface area contributed by atoms with Gasteiger partial charge in [-0.1, -0.05) is 26.0 Å². The van der Waals surface area contributed by atoms with E-state index in [4.69, 9.17) is 4.74 Å². The van der Waals surface area contributed by atoms with Gasteiger partial charge in [0.25, 0.3) is 11.3 Å². The summed E-state index contributed by atoms with van der Waals surface area (Å²) in [5.41, 5.74) is 0.126. The van der Waals surface area contributed by atoms with Crippen molar-refractivity contribution in [3.63, 3.8) is 0 Å². The van der Waals surface area contributed by atoms with Crippen LogP contribution in [0.15, 0.2) is 35.3 Å². The lowest BCUT2D eigenvalue weighted by Gasteiger charge is -2.22. The molecule has 3 rings (SSSR count). The van der Waals surface area contributed by atoms with Crippen LogP contribution in [0.25, 0.3) is 21.8 Å². The SMILES string of the molecule is CCOC(=O)c1cccc2c1[nH]c1c(=O)n(CC(=O)NC(C(=O)C(F)(F)F)C(C)C)ccc12. The number of carbonyl (C=O) groups excluding carboxylic acids is 3. The molecule has 11 heteroatoms. The Morgan fingerprint density at radius 3 is 2.39 bits per heavy atom. The van der Waals surface area contributed by atoms with Crippen molar-refractivity contribution in [1.29, 1.82) is 0 Å². The van der Waals surface area contributed by atoms with Crippen molar-refractivity contribution in [2.24, 2.45) is 5.92 Å². The Kier molecular flexibility index (Phi) is 6.61. The maximum atomic E-state index is 12.9. The van der Waals surface area contributed by atoms with E-state index in [1.165, 1.54) is 20.0 Å². The molecule has 0 aliphatic rings. The number of rotatable bonds is 7. The summed E-state index contributed by atoms with van der Waals surface area (Å²) in [4.78, 5) is 52.1. The number of aromatic nitrogens is 2. The summed E-state index contributed by atoms with van der Waals surface area (Å²) < 4.78 is 44.5. The number of fused-ring (bicyclic) bond motifs is 3.